The van der Waals surface area contributed by atoms with Gasteiger partial charge in [0.05, 0.1) is 24.1 Å². The number of H-pyrrole nitrogens is 1. The van der Waals surface area contributed by atoms with E-state index in [1.54, 1.807) is 6.26 Å². The fourth-order valence-electron chi connectivity index (χ4n) is 1.91. The molecule has 0 spiro atoms. The number of aromatic amines is 1. The van der Waals surface area contributed by atoms with Crippen molar-refractivity contribution < 1.29 is 9.21 Å². The highest BCUT2D eigenvalue weighted by atomic mass is 32.1. The van der Waals surface area contributed by atoms with E-state index in [9.17, 15) is 9.59 Å². The van der Waals surface area contributed by atoms with Gasteiger partial charge in [0.1, 0.15) is 0 Å². The van der Waals surface area contributed by atoms with Gasteiger partial charge in [-0.3, -0.25) is 9.59 Å². The Morgan fingerprint density at radius 2 is 2.27 bits per heavy atom. The summed E-state index contributed by atoms with van der Waals surface area (Å²) in [4.78, 5) is 30.9. The van der Waals surface area contributed by atoms with Gasteiger partial charge in [0.25, 0.3) is 5.91 Å². The van der Waals surface area contributed by atoms with Gasteiger partial charge in [-0.15, -0.1) is 11.3 Å². The van der Waals surface area contributed by atoms with Crippen molar-refractivity contribution in [2.75, 3.05) is 0 Å². The Kier molecular flexibility index (Phi) is 3.88. The van der Waals surface area contributed by atoms with Gasteiger partial charge >= 0.3 is 0 Å². The molecule has 0 aromatic carbocycles. The normalized spacial score (nSPS) is 10.6. The van der Waals surface area contributed by atoms with Crippen LogP contribution >= 0.6 is 11.3 Å². The summed E-state index contributed by atoms with van der Waals surface area (Å²) >= 11 is 1.48. The fourth-order valence-corrected chi connectivity index (χ4v) is 2.88. The summed E-state index contributed by atoms with van der Waals surface area (Å²) in [6.07, 6.45) is 3.00. The van der Waals surface area contributed by atoms with Crippen molar-refractivity contribution in [1.82, 2.24) is 15.3 Å². The highest BCUT2D eigenvalue weighted by molar-refractivity contribution is 7.15. The molecule has 7 heteroatoms. The van der Waals surface area contributed by atoms with Gasteiger partial charge in [0.2, 0.25) is 5.56 Å². The molecule has 3 rings (SSSR count). The second kappa shape index (κ2) is 5.98. The smallest absolute Gasteiger partial charge is 0.253 e. The number of aromatic nitrogens is 2. The van der Waals surface area contributed by atoms with E-state index in [0.29, 0.717) is 17.9 Å². The van der Waals surface area contributed by atoms with Crippen LogP contribution in [0.3, 0.4) is 0 Å². The molecular weight excluding hydrogens is 302 g/mol. The molecule has 3 heterocycles. The second-order valence-electron chi connectivity index (χ2n) is 4.63. The molecule has 0 bridgehead atoms. The first-order valence-electron chi connectivity index (χ1n) is 6.60. The highest BCUT2D eigenvalue weighted by Gasteiger charge is 2.12. The summed E-state index contributed by atoms with van der Waals surface area (Å²) in [5, 5.41) is 3.60. The number of amides is 1. The van der Waals surface area contributed by atoms with E-state index in [1.165, 1.54) is 29.7 Å². The molecule has 22 heavy (non-hydrogen) atoms. The molecule has 0 aliphatic carbocycles. The Bertz CT molecular complexity index is 829. The van der Waals surface area contributed by atoms with Crippen LogP contribution in [0.4, 0.5) is 0 Å². The van der Waals surface area contributed by atoms with Crippen molar-refractivity contribution >= 4 is 17.2 Å². The van der Waals surface area contributed by atoms with Gasteiger partial charge in [0, 0.05) is 17.1 Å². The van der Waals surface area contributed by atoms with Crippen molar-refractivity contribution in [2.24, 2.45) is 0 Å². The minimum Gasteiger partial charge on any atom is -0.462 e. The zero-order chi connectivity index (χ0) is 15.5. The molecule has 0 saturated carbocycles. The first kappa shape index (κ1) is 14.3. The summed E-state index contributed by atoms with van der Waals surface area (Å²) in [6.45, 7) is 2.27. The summed E-state index contributed by atoms with van der Waals surface area (Å²) in [7, 11) is 0. The third-order valence-electron chi connectivity index (χ3n) is 3.08. The summed E-state index contributed by atoms with van der Waals surface area (Å²) in [5.41, 5.74) is 1.03. The molecule has 0 radical (unpaired) electrons. The number of nitrogens with one attached hydrogen (secondary N) is 2. The molecule has 0 aliphatic rings. The Hall–Kier alpha value is -2.67. The van der Waals surface area contributed by atoms with Gasteiger partial charge in [-0.25, -0.2) is 4.98 Å². The summed E-state index contributed by atoms with van der Waals surface area (Å²) in [6, 6.07) is 6.47. The fraction of sp³-hybridized carbons (Fsp3) is 0.133. The van der Waals surface area contributed by atoms with E-state index in [-0.39, 0.29) is 11.5 Å². The molecule has 0 fully saturated rings. The number of pyridine rings is 1. The summed E-state index contributed by atoms with van der Waals surface area (Å²) < 4.78 is 5.32. The lowest BCUT2D eigenvalue weighted by Crippen LogP contribution is -2.23. The number of hydrogen-bond acceptors (Lipinski definition) is 5. The maximum Gasteiger partial charge on any atom is 0.253 e. The molecular formula is C15H13N3O3S. The average molecular weight is 315 g/mol. The Morgan fingerprint density at radius 1 is 1.41 bits per heavy atom. The molecule has 2 N–H and O–H groups in total. The number of furan rings is 1. The predicted octanol–water partition coefficient (Wildman–Crippen LogP) is 2.33. The Balaban J connectivity index is 1.70. The minimum absolute atomic E-state index is 0.238. The zero-order valence-electron chi connectivity index (χ0n) is 11.8. The van der Waals surface area contributed by atoms with Crippen molar-refractivity contribution in [3.63, 3.8) is 0 Å². The van der Waals surface area contributed by atoms with E-state index < -0.39 is 0 Å². The van der Waals surface area contributed by atoms with Crippen molar-refractivity contribution in [1.29, 1.82) is 0 Å². The van der Waals surface area contributed by atoms with Crippen LogP contribution in [0.25, 0.3) is 10.8 Å². The molecule has 0 atom stereocenters. The predicted molar refractivity (Wildman–Crippen MR) is 82.8 cm³/mol. The average Bonchev–Trinajstić information content (AvgIpc) is 3.15. The van der Waals surface area contributed by atoms with Gasteiger partial charge in [0.15, 0.2) is 10.8 Å². The number of carbonyl (C=O) groups is 1. The van der Waals surface area contributed by atoms with Crippen molar-refractivity contribution in [3.8, 4) is 10.8 Å². The van der Waals surface area contributed by atoms with E-state index in [1.807, 2.05) is 19.1 Å². The molecule has 112 valence electrons. The largest absolute Gasteiger partial charge is 0.462 e. The van der Waals surface area contributed by atoms with Gasteiger partial charge in [-0.05, 0) is 25.1 Å². The molecule has 0 saturated heterocycles. The molecule has 0 aliphatic heterocycles. The number of carbonyl (C=O) groups excluding carboxylic acids is 1. The van der Waals surface area contributed by atoms with Crippen LogP contribution in [0.15, 0.2) is 45.9 Å². The van der Waals surface area contributed by atoms with Crippen LogP contribution in [0.1, 0.15) is 20.9 Å². The number of rotatable bonds is 4. The minimum atomic E-state index is -0.247. The van der Waals surface area contributed by atoms with Crippen LogP contribution < -0.4 is 10.9 Å². The lowest BCUT2D eigenvalue weighted by atomic mass is 10.2. The molecule has 1 amide bonds. The molecule has 0 unspecified atom stereocenters. The lowest BCUT2D eigenvalue weighted by molar-refractivity contribution is 0.0951. The zero-order valence-corrected chi connectivity index (χ0v) is 12.6. The van der Waals surface area contributed by atoms with Crippen LogP contribution in [-0.4, -0.2) is 15.9 Å². The number of aryl methyl sites for hydroxylation is 1. The van der Waals surface area contributed by atoms with Gasteiger partial charge < -0.3 is 14.7 Å². The van der Waals surface area contributed by atoms with Crippen LogP contribution in [0.2, 0.25) is 0 Å². The Labute approximate surface area is 129 Å². The monoisotopic (exact) mass is 315 g/mol. The van der Waals surface area contributed by atoms with Gasteiger partial charge in [-0.1, -0.05) is 0 Å². The van der Waals surface area contributed by atoms with E-state index in [2.05, 4.69) is 15.3 Å². The number of nitrogens with zero attached hydrogens (tertiary/aromatic N) is 1. The second-order valence-corrected chi connectivity index (χ2v) is 5.71. The van der Waals surface area contributed by atoms with Crippen LogP contribution in [0.5, 0.6) is 0 Å². The quantitative estimate of drug-likeness (QED) is 0.773. The third-order valence-corrected chi connectivity index (χ3v) is 4.25. The first-order valence-corrected chi connectivity index (χ1v) is 7.42. The number of thiazole rings is 1. The first-order chi connectivity index (χ1) is 10.6. The highest BCUT2D eigenvalue weighted by Crippen LogP contribution is 2.28. The Morgan fingerprint density at radius 3 is 2.95 bits per heavy atom. The van der Waals surface area contributed by atoms with Crippen LogP contribution in [0, 0.1) is 6.92 Å². The van der Waals surface area contributed by atoms with E-state index in [0.717, 1.165) is 15.6 Å². The third kappa shape index (κ3) is 2.99. The maximum atomic E-state index is 12.0. The van der Waals surface area contributed by atoms with Gasteiger partial charge in [-0.2, -0.15) is 0 Å². The topological polar surface area (TPSA) is 88.0 Å². The standard InChI is InChI=1S/C15H13N3O3S/c1-9-12(22-15(18-9)11-3-2-6-21-11)8-17-14(20)10-4-5-13(19)16-7-10/h2-7H,8H2,1H3,(H,16,19)(H,17,20). The maximum absolute atomic E-state index is 12.0. The lowest BCUT2D eigenvalue weighted by Gasteiger charge is -2.03. The molecule has 3 aromatic heterocycles. The number of hydrogen-bond donors (Lipinski definition) is 2. The molecule has 6 nitrogen and oxygen atoms in total. The SMILES string of the molecule is Cc1nc(-c2ccco2)sc1CNC(=O)c1ccc(=O)[nH]c1. The van der Waals surface area contributed by atoms with Crippen LogP contribution in [-0.2, 0) is 6.54 Å². The van der Waals surface area contributed by atoms with Crippen molar-refractivity contribution in [3.05, 3.63) is 63.2 Å². The molecule has 3 aromatic rings. The van der Waals surface area contributed by atoms with Crippen molar-refractivity contribution in [2.45, 2.75) is 13.5 Å². The summed E-state index contributed by atoms with van der Waals surface area (Å²) in [5.74, 6) is 0.468. The van der Waals surface area contributed by atoms with E-state index in [4.69, 9.17) is 4.42 Å². The van der Waals surface area contributed by atoms with E-state index >= 15 is 0 Å².